The smallest absolute Gasteiger partial charge is 0.270 e. The first-order valence-corrected chi connectivity index (χ1v) is 7.24. The van der Waals surface area contributed by atoms with Crippen LogP contribution in [0.3, 0.4) is 0 Å². The molecule has 1 heterocycles. The van der Waals surface area contributed by atoms with Gasteiger partial charge in [-0.15, -0.1) is 0 Å². The van der Waals surface area contributed by atoms with Gasteiger partial charge in [0.05, 0.1) is 0 Å². The van der Waals surface area contributed by atoms with Crippen LogP contribution in [0.15, 0.2) is 36.5 Å². The first kappa shape index (κ1) is 13.1. The highest BCUT2D eigenvalue weighted by molar-refractivity contribution is 7.71. The number of amides is 1. The van der Waals surface area contributed by atoms with Crippen molar-refractivity contribution in [2.24, 2.45) is 5.92 Å². The Morgan fingerprint density at radius 3 is 2.75 bits per heavy atom. The molecule has 0 bridgehead atoms. The number of aromatic nitrogens is 2. The maximum atomic E-state index is 12.4. The van der Waals surface area contributed by atoms with Gasteiger partial charge in [-0.2, -0.15) is 0 Å². The largest absolute Gasteiger partial charge is 0.348 e. The van der Waals surface area contributed by atoms with Gasteiger partial charge in [-0.1, -0.05) is 18.2 Å². The van der Waals surface area contributed by atoms with E-state index in [-0.39, 0.29) is 11.9 Å². The van der Waals surface area contributed by atoms with Gasteiger partial charge in [0.15, 0.2) is 4.77 Å². The molecule has 0 aliphatic heterocycles. The van der Waals surface area contributed by atoms with Crippen molar-refractivity contribution in [1.29, 1.82) is 0 Å². The van der Waals surface area contributed by atoms with Crippen LogP contribution in [-0.2, 0) is 0 Å². The lowest BCUT2D eigenvalue weighted by molar-refractivity contribution is 0.0929. The second-order valence-electron chi connectivity index (χ2n) is 5.25. The molecular formula is C15H17N3OS. The first-order chi connectivity index (χ1) is 9.66. The minimum absolute atomic E-state index is 0.0828. The number of nitrogens with one attached hydrogen (secondary N) is 2. The third-order valence-electron chi connectivity index (χ3n) is 3.71. The number of imidazole rings is 1. The Hall–Kier alpha value is -1.88. The number of H-pyrrole nitrogens is 1. The summed E-state index contributed by atoms with van der Waals surface area (Å²) in [6.07, 6.45) is 4.09. The molecule has 104 valence electrons. The van der Waals surface area contributed by atoms with Crippen molar-refractivity contribution in [2.75, 3.05) is 0 Å². The van der Waals surface area contributed by atoms with E-state index in [1.807, 2.05) is 30.3 Å². The molecule has 5 heteroatoms. The van der Waals surface area contributed by atoms with Crippen LogP contribution in [0.1, 0.15) is 30.3 Å². The van der Waals surface area contributed by atoms with E-state index in [4.69, 9.17) is 12.2 Å². The molecule has 4 nitrogen and oxygen atoms in total. The predicted octanol–water partition coefficient (Wildman–Crippen LogP) is 3.06. The summed E-state index contributed by atoms with van der Waals surface area (Å²) in [5.41, 5.74) is 1.44. The zero-order chi connectivity index (χ0) is 14.1. The molecular weight excluding hydrogens is 270 g/mol. The van der Waals surface area contributed by atoms with Gasteiger partial charge in [-0.25, -0.2) is 0 Å². The zero-order valence-corrected chi connectivity index (χ0v) is 12.1. The SMILES string of the molecule is C[C@H](NC(=O)c1c[nH]c(=S)n1-c1ccccc1)C1CC1. The molecule has 1 atom stereocenters. The van der Waals surface area contributed by atoms with Crippen LogP contribution in [0.25, 0.3) is 5.69 Å². The van der Waals surface area contributed by atoms with Gasteiger partial charge in [0.25, 0.3) is 5.91 Å². The summed E-state index contributed by atoms with van der Waals surface area (Å²) in [6.45, 7) is 2.06. The number of hydrogen-bond acceptors (Lipinski definition) is 2. The van der Waals surface area contributed by atoms with Crippen LogP contribution < -0.4 is 5.32 Å². The molecule has 1 aliphatic carbocycles. The average Bonchev–Trinajstić information content (AvgIpc) is 3.23. The number of nitrogens with zero attached hydrogens (tertiary/aromatic N) is 1. The van der Waals surface area contributed by atoms with Gasteiger partial charge in [0.2, 0.25) is 0 Å². The number of hydrogen-bond donors (Lipinski definition) is 2. The number of para-hydroxylation sites is 1. The van der Waals surface area contributed by atoms with Crippen LogP contribution in [0, 0.1) is 10.7 Å². The molecule has 0 saturated heterocycles. The summed E-state index contributed by atoms with van der Waals surface area (Å²) in [5.74, 6) is 0.548. The minimum atomic E-state index is -0.0828. The Balaban J connectivity index is 1.90. The van der Waals surface area contributed by atoms with E-state index < -0.39 is 0 Å². The van der Waals surface area contributed by atoms with Gasteiger partial charge in [-0.05, 0) is 50.0 Å². The summed E-state index contributed by atoms with van der Waals surface area (Å²) in [7, 11) is 0. The van der Waals surface area contributed by atoms with E-state index in [1.165, 1.54) is 12.8 Å². The topological polar surface area (TPSA) is 49.8 Å². The number of carbonyl (C=O) groups is 1. The van der Waals surface area contributed by atoms with Crippen molar-refractivity contribution in [2.45, 2.75) is 25.8 Å². The standard InChI is InChI=1S/C15H17N3OS/c1-10(11-7-8-11)17-14(19)13-9-16-15(20)18(13)12-5-3-2-4-6-12/h2-6,9-11H,7-8H2,1H3,(H,16,20)(H,17,19)/t10-/m0/s1. The lowest BCUT2D eigenvalue weighted by Crippen LogP contribution is -2.35. The average molecular weight is 287 g/mol. The third-order valence-corrected chi connectivity index (χ3v) is 4.01. The molecule has 20 heavy (non-hydrogen) atoms. The van der Waals surface area contributed by atoms with Crippen LogP contribution >= 0.6 is 12.2 Å². The van der Waals surface area contributed by atoms with Crippen LogP contribution in [0.2, 0.25) is 0 Å². The lowest BCUT2D eigenvalue weighted by Gasteiger charge is -2.14. The summed E-state index contributed by atoms with van der Waals surface area (Å²) >= 11 is 5.28. The maximum Gasteiger partial charge on any atom is 0.270 e. The van der Waals surface area contributed by atoms with E-state index in [0.29, 0.717) is 16.4 Å². The van der Waals surface area contributed by atoms with E-state index in [0.717, 1.165) is 5.69 Å². The Morgan fingerprint density at radius 2 is 2.10 bits per heavy atom. The van der Waals surface area contributed by atoms with Crippen LogP contribution in [-0.4, -0.2) is 21.5 Å². The van der Waals surface area contributed by atoms with Crippen LogP contribution in [0.5, 0.6) is 0 Å². The first-order valence-electron chi connectivity index (χ1n) is 6.83. The van der Waals surface area contributed by atoms with Gasteiger partial charge < -0.3 is 10.3 Å². The molecule has 1 aliphatic rings. The molecule has 3 rings (SSSR count). The minimum Gasteiger partial charge on any atom is -0.348 e. The second-order valence-corrected chi connectivity index (χ2v) is 5.64. The summed E-state index contributed by atoms with van der Waals surface area (Å²) in [6, 6.07) is 9.89. The van der Waals surface area contributed by atoms with E-state index in [2.05, 4.69) is 17.2 Å². The highest BCUT2D eigenvalue weighted by Gasteiger charge is 2.29. The molecule has 1 saturated carbocycles. The summed E-state index contributed by atoms with van der Waals surface area (Å²) in [5, 5.41) is 3.06. The van der Waals surface area contributed by atoms with E-state index in [9.17, 15) is 4.79 Å². The normalized spacial score (nSPS) is 15.8. The van der Waals surface area contributed by atoms with Crippen molar-refractivity contribution in [3.8, 4) is 5.69 Å². The molecule has 1 aromatic heterocycles. The van der Waals surface area contributed by atoms with E-state index >= 15 is 0 Å². The summed E-state index contributed by atoms with van der Waals surface area (Å²) in [4.78, 5) is 15.3. The van der Waals surface area contributed by atoms with Gasteiger partial charge in [0, 0.05) is 17.9 Å². The van der Waals surface area contributed by atoms with Gasteiger partial charge in [-0.3, -0.25) is 9.36 Å². The fourth-order valence-corrected chi connectivity index (χ4v) is 2.63. The molecule has 0 unspecified atom stereocenters. The quantitative estimate of drug-likeness (QED) is 0.849. The lowest BCUT2D eigenvalue weighted by atomic mass is 10.2. The Kier molecular flexibility index (Phi) is 3.44. The van der Waals surface area contributed by atoms with Crippen molar-refractivity contribution >= 4 is 18.1 Å². The zero-order valence-electron chi connectivity index (χ0n) is 11.3. The number of carbonyl (C=O) groups excluding carboxylic acids is 1. The van der Waals surface area contributed by atoms with Gasteiger partial charge in [0.1, 0.15) is 5.69 Å². The second kappa shape index (κ2) is 5.25. The van der Waals surface area contributed by atoms with E-state index in [1.54, 1.807) is 10.8 Å². The fraction of sp³-hybridized carbons (Fsp3) is 0.333. The molecule has 2 aromatic rings. The third kappa shape index (κ3) is 2.54. The number of aromatic amines is 1. The molecule has 0 spiro atoms. The Morgan fingerprint density at radius 1 is 1.40 bits per heavy atom. The molecule has 0 radical (unpaired) electrons. The molecule has 1 fully saturated rings. The summed E-state index contributed by atoms with van der Waals surface area (Å²) < 4.78 is 2.30. The highest BCUT2D eigenvalue weighted by atomic mass is 32.1. The van der Waals surface area contributed by atoms with Gasteiger partial charge >= 0.3 is 0 Å². The maximum absolute atomic E-state index is 12.4. The highest BCUT2D eigenvalue weighted by Crippen LogP contribution is 2.32. The Labute approximate surface area is 122 Å². The molecule has 2 N–H and O–H groups in total. The predicted molar refractivity (Wildman–Crippen MR) is 80.6 cm³/mol. The number of benzene rings is 1. The van der Waals surface area contributed by atoms with Crippen molar-refractivity contribution in [3.05, 3.63) is 47.0 Å². The van der Waals surface area contributed by atoms with Crippen molar-refractivity contribution in [3.63, 3.8) is 0 Å². The molecule has 1 amide bonds. The molecule has 1 aromatic carbocycles. The van der Waals surface area contributed by atoms with Crippen molar-refractivity contribution in [1.82, 2.24) is 14.9 Å². The number of rotatable bonds is 4. The fourth-order valence-electron chi connectivity index (χ4n) is 2.36. The van der Waals surface area contributed by atoms with Crippen molar-refractivity contribution < 1.29 is 4.79 Å². The monoisotopic (exact) mass is 287 g/mol. The van der Waals surface area contributed by atoms with Crippen LogP contribution in [0.4, 0.5) is 0 Å². The Bertz CT molecular complexity index is 670.